The molecule has 1 aliphatic rings. The van der Waals surface area contributed by atoms with Crippen LogP contribution in [0.5, 0.6) is 11.5 Å². The van der Waals surface area contributed by atoms with Crippen molar-refractivity contribution in [1.82, 2.24) is 0 Å². The summed E-state index contributed by atoms with van der Waals surface area (Å²) in [6.45, 7) is 3.08. The fourth-order valence-corrected chi connectivity index (χ4v) is 4.51. The van der Waals surface area contributed by atoms with Crippen molar-refractivity contribution in [3.05, 3.63) is 83.4 Å². The zero-order chi connectivity index (χ0) is 28.5. The molecule has 1 amide bonds. The van der Waals surface area contributed by atoms with E-state index < -0.39 is 18.0 Å². The lowest BCUT2D eigenvalue weighted by atomic mass is 10.1. The maximum absolute atomic E-state index is 13.0. The number of hydrogen-bond acceptors (Lipinski definition) is 6. The minimum Gasteiger partial charge on any atom is -0.494 e. The normalized spacial score (nSPS) is 14.1. The van der Waals surface area contributed by atoms with Gasteiger partial charge in [0.25, 0.3) is 5.91 Å². The Balaban J connectivity index is 1.33. The summed E-state index contributed by atoms with van der Waals surface area (Å²) in [6.07, 6.45) is 2.10. The number of benzene rings is 3. The third-order valence-electron chi connectivity index (χ3n) is 6.69. The van der Waals surface area contributed by atoms with E-state index in [0.717, 1.165) is 19.3 Å². The lowest BCUT2D eigenvalue weighted by molar-refractivity contribution is -0.145. The molecule has 0 radical (unpaired) electrons. The monoisotopic (exact) mass is 546 g/mol. The van der Waals surface area contributed by atoms with Gasteiger partial charge in [0.15, 0.2) is 5.75 Å². The summed E-state index contributed by atoms with van der Waals surface area (Å²) in [7, 11) is 0. The Morgan fingerprint density at radius 1 is 0.975 bits per heavy atom. The number of carbonyl (C=O) groups excluding carboxylic acids is 1. The fraction of sp³-hybridized carbons (Fsp3) is 0.323. The van der Waals surface area contributed by atoms with Crippen LogP contribution in [0, 0.1) is 6.92 Å². The molecular formula is C31H34N2O7. The van der Waals surface area contributed by atoms with Gasteiger partial charge in [0.2, 0.25) is 6.10 Å². The molecule has 0 spiro atoms. The summed E-state index contributed by atoms with van der Waals surface area (Å²) >= 11 is 0. The van der Waals surface area contributed by atoms with Crippen LogP contribution in [0.1, 0.15) is 47.2 Å². The maximum atomic E-state index is 13.0. The molecule has 0 saturated carbocycles. The van der Waals surface area contributed by atoms with E-state index in [2.05, 4.69) is 36.5 Å². The van der Waals surface area contributed by atoms with E-state index >= 15 is 0 Å². The van der Waals surface area contributed by atoms with Gasteiger partial charge in [0, 0.05) is 18.5 Å². The van der Waals surface area contributed by atoms with Gasteiger partial charge < -0.3 is 29.9 Å². The van der Waals surface area contributed by atoms with E-state index in [1.807, 2.05) is 0 Å². The minimum atomic E-state index is -1.15. The molecule has 0 aromatic heterocycles. The number of fused-ring (bicyclic) bond motifs is 1. The van der Waals surface area contributed by atoms with E-state index in [-0.39, 0.29) is 24.6 Å². The summed E-state index contributed by atoms with van der Waals surface area (Å²) in [6, 6.07) is 20.5. The molecule has 210 valence electrons. The lowest BCUT2D eigenvalue weighted by Gasteiger charge is -2.35. The van der Waals surface area contributed by atoms with E-state index in [1.54, 1.807) is 47.4 Å². The first-order valence-electron chi connectivity index (χ1n) is 13.4. The Labute approximate surface area is 233 Å². The number of aryl methyl sites for hydroxylation is 2. The quantitative estimate of drug-likeness (QED) is 0.251. The molecule has 9 heteroatoms. The van der Waals surface area contributed by atoms with Crippen LogP contribution < -0.4 is 19.7 Å². The standard InChI is InChI=1S/C31H34N2O7/c1-21-10-12-22(13-11-21)6-2-3-19-39-24-16-14-23(15-17-24)30(36)32-25-7-4-8-26-29(25)40-27(31(37)38)20-33(26)18-5-9-28(34)35/h4,7-8,10-17,27H,2-3,5-6,9,18-20H2,1H3,(H,32,36)(H,34,35)(H,37,38). The molecule has 1 atom stereocenters. The van der Waals surface area contributed by atoms with E-state index in [1.165, 1.54) is 11.1 Å². The average Bonchev–Trinajstić information content (AvgIpc) is 2.94. The zero-order valence-electron chi connectivity index (χ0n) is 22.5. The molecule has 0 bridgehead atoms. The van der Waals surface area contributed by atoms with Crippen LogP contribution in [0.3, 0.4) is 0 Å². The number of amides is 1. The van der Waals surface area contributed by atoms with Crippen LogP contribution in [-0.2, 0) is 16.0 Å². The summed E-state index contributed by atoms with van der Waals surface area (Å²) in [5.74, 6) is -1.51. The number of nitrogens with one attached hydrogen (secondary N) is 1. The van der Waals surface area contributed by atoms with Crippen molar-refractivity contribution in [1.29, 1.82) is 0 Å². The number of carboxylic acid groups (broad SMARTS) is 2. The van der Waals surface area contributed by atoms with Crippen molar-refractivity contribution in [2.75, 3.05) is 29.9 Å². The van der Waals surface area contributed by atoms with E-state index in [9.17, 15) is 19.5 Å². The van der Waals surface area contributed by atoms with Crippen molar-refractivity contribution in [2.24, 2.45) is 0 Å². The van der Waals surface area contributed by atoms with Gasteiger partial charge in [-0.2, -0.15) is 0 Å². The molecule has 3 N–H and O–H groups in total. The summed E-state index contributed by atoms with van der Waals surface area (Å²) in [4.78, 5) is 37.4. The molecule has 3 aromatic rings. The molecule has 3 aromatic carbocycles. The van der Waals surface area contributed by atoms with Crippen LogP contribution in [0.25, 0.3) is 0 Å². The van der Waals surface area contributed by atoms with Crippen LogP contribution in [0.2, 0.25) is 0 Å². The molecule has 0 saturated heterocycles. The number of rotatable bonds is 13. The second-order valence-corrected chi connectivity index (χ2v) is 9.81. The summed E-state index contributed by atoms with van der Waals surface area (Å²) in [5, 5.41) is 21.4. The number of hydrogen-bond donors (Lipinski definition) is 3. The predicted octanol–water partition coefficient (Wildman–Crippen LogP) is 5.17. The topological polar surface area (TPSA) is 125 Å². The molecule has 1 aliphatic heterocycles. The van der Waals surface area contributed by atoms with Crippen molar-refractivity contribution in [3.8, 4) is 11.5 Å². The average molecular weight is 547 g/mol. The summed E-state index contributed by atoms with van der Waals surface area (Å²) in [5.41, 5.74) is 3.92. The second kappa shape index (κ2) is 13.5. The molecule has 1 unspecified atom stereocenters. The van der Waals surface area contributed by atoms with Crippen molar-refractivity contribution >= 4 is 29.2 Å². The van der Waals surface area contributed by atoms with Crippen molar-refractivity contribution in [2.45, 2.75) is 45.1 Å². The molecule has 40 heavy (non-hydrogen) atoms. The SMILES string of the molecule is Cc1ccc(CCCCOc2ccc(C(=O)Nc3cccc4c3OC(C(=O)O)CN4CCCC(=O)O)cc2)cc1. The number of nitrogens with zero attached hydrogens (tertiary/aromatic N) is 1. The third kappa shape index (κ3) is 7.75. The highest BCUT2D eigenvalue weighted by Crippen LogP contribution is 2.40. The number of anilines is 2. The third-order valence-corrected chi connectivity index (χ3v) is 6.69. The van der Waals surface area contributed by atoms with Gasteiger partial charge >= 0.3 is 11.9 Å². The second-order valence-electron chi connectivity index (χ2n) is 9.81. The van der Waals surface area contributed by atoms with E-state index in [0.29, 0.717) is 42.3 Å². The van der Waals surface area contributed by atoms with Crippen molar-refractivity contribution in [3.63, 3.8) is 0 Å². The van der Waals surface area contributed by atoms with Crippen LogP contribution in [-0.4, -0.2) is 53.9 Å². The van der Waals surface area contributed by atoms with Gasteiger partial charge in [-0.15, -0.1) is 0 Å². The maximum Gasteiger partial charge on any atom is 0.346 e. The predicted molar refractivity (Wildman–Crippen MR) is 152 cm³/mol. The molecule has 4 rings (SSSR count). The number of carbonyl (C=O) groups is 3. The molecule has 1 heterocycles. The highest BCUT2D eigenvalue weighted by atomic mass is 16.5. The number of ether oxygens (including phenoxy) is 2. The lowest BCUT2D eigenvalue weighted by Crippen LogP contribution is -2.45. The molecule has 0 aliphatic carbocycles. The Hall–Kier alpha value is -4.53. The van der Waals surface area contributed by atoms with Gasteiger partial charge in [0.05, 0.1) is 24.5 Å². The van der Waals surface area contributed by atoms with Crippen LogP contribution in [0.15, 0.2) is 66.7 Å². The first-order valence-corrected chi connectivity index (χ1v) is 13.4. The Bertz CT molecular complexity index is 1320. The summed E-state index contributed by atoms with van der Waals surface area (Å²) < 4.78 is 11.6. The largest absolute Gasteiger partial charge is 0.494 e. The molecule has 9 nitrogen and oxygen atoms in total. The number of unbranched alkanes of at least 4 members (excludes halogenated alkanes) is 1. The van der Waals surface area contributed by atoms with E-state index in [4.69, 9.17) is 14.6 Å². The fourth-order valence-electron chi connectivity index (χ4n) is 4.51. The number of aliphatic carboxylic acids is 2. The molecular weight excluding hydrogens is 512 g/mol. The van der Waals surface area contributed by atoms with Crippen molar-refractivity contribution < 1.29 is 34.1 Å². The van der Waals surface area contributed by atoms with Gasteiger partial charge in [-0.3, -0.25) is 9.59 Å². The van der Waals surface area contributed by atoms with Crippen LogP contribution >= 0.6 is 0 Å². The Kier molecular flexibility index (Phi) is 9.62. The highest BCUT2D eigenvalue weighted by Gasteiger charge is 2.32. The highest BCUT2D eigenvalue weighted by molar-refractivity contribution is 6.05. The smallest absolute Gasteiger partial charge is 0.346 e. The number of para-hydroxylation sites is 1. The molecule has 0 fully saturated rings. The number of carboxylic acids is 2. The van der Waals surface area contributed by atoms with Gasteiger partial charge in [0.1, 0.15) is 5.75 Å². The Morgan fingerprint density at radius 3 is 2.42 bits per heavy atom. The van der Waals surface area contributed by atoms with Gasteiger partial charge in [-0.05, 0) is 74.6 Å². The first kappa shape index (κ1) is 28.5. The van der Waals surface area contributed by atoms with Gasteiger partial charge in [-0.25, -0.2) is 4.79 Å². The van der Waals surface area contributed by atoms with Crippen LogP contribution in [0.4, 0.5) is 11.4 Å². The minimum absolute atomic E-state index is 0.0337. The van der Waals surface area contributed by atoms with Gasteiger partial charge in [-0.1, -0.05) is 35.9 Å². The Morgan fingerprint density at radius 2 is 1.73 bits per heavy atom. The first-order chi connectivity index (χ1) is 19.3. The zero-order valence-corrected chi connectivity index (χ0v) is 22.5.